The van der Waals surface area contributed by atoms with E-state index in [2.05, 4.69) is 14.9 Å². The second-order valence-corrected chi connectivity index (χ2v) is 6.69. The smallest absolute Gasteiger partial charge is 0.356 e. The van der Waals surface area contributed by atoms with Crippen molar-refractivity contribution in [1.82, 2.24) is 14.5 Å². The average Bonchev–Trinajstić information content (AvgIpc) is 2.58. The van der Waals surface area contributed by atoms with Crippen LogP contribution in [0.5, 0.6) is 0 Å². The summed E-state index contributed by atoms with van der Waals surface area (Å²) in [7, 11) is -0.795. The van der Waals surface area contributed by atoms with Crippen molar-refractivity contribution in [3.05, 3.63) is 28.8 Å². The summed E-state index contributed by atoms with van der Waals surface area (Å²) in [5.74, 6) is 1.33. The van der Waals surface area contributed by atoms with Gasteiger partial charge in [0.15, 0.2) is 0 Å². The zero-order valence-corrected chi connectivity index (χ0v) is 14.4. The van der Waals surface area contributed by atoms with Gasteiger partial charge in [-0.05, 0) is 31.2 Å². The summed E-state index contributed by atoms with van der Waals surface area (Å²) in [4.78, 5) is 31.3. The Morgan fingerprint density at radius 2 is 2.08 bits per heavy atom. The first-order chi connectivity index (χ1) is 11.6. The lowest BCUT2D eigenvalue weighted by Crippen LogP contribution is -2.35. The monoisotopic (exact) mass is 351 g/mol. The third-order valence-corrected chi connectivity index (χ3v) is 4.93. The molecule has 1 aliphatic rings. The number of piperidine rings is 1. The summed E-state index contributed by atoms with van der Waals surface area (Å²) in [6, 6.07) is 3.32. The Hall–Kier alpha value is -1.89. The van der Waals surface area contributed by atoms with Crippen molar-refractivity contribution in [3.63, 3.8) is 0 Å². The summed E-state index contributed by atoms with van der Waals surface area (Å²) in [6.07, 6.45) is 4.23. The van der Waals surface area contributed by atoms with Crippen LogP contribution in [-0.4, -0.2) is 39.1 Å². The minimum Gasteiger partial charge on any atom is -0.356 e. The largest absolute Gasteiger partial charge is 0.694 e. The highest BCUT2D eigenvalue weighted by atomic mass is 31.1. The Balaban J connectivity index is 1.71. The number of fused-ring (bicyclic) bond motifs is 1. The SMILES string of the molecule is Cn1c(=O)ccc2c(N3CCC(CCO[P+](=O)O)CC3)ncnc21. The molecule has 128 valence electrons. The van der Waals surface area contributed by atoms with E-state index in [1.807, 2.05) is 0 Å². The molecule has 0 aliphatic carbocycles. The lowest BCUT2D eigenvalue weighted by Gasteiger charge is -2.33. The van der Waals surface area contributed by atoms with Gasteiger partial charge >= 0.3 is 8.25 Å². The van der Waals surface area contributed by atoms with Crippen LogP contribution in [0.2, 0.25) is 0 Å². The molecule has 0 amide bonds. The quantitative estimate of drug-likeness (QED) is 0.817. The molecule has 24 heavy (non-hydrogen) atoms. The highest BCUT2D eigenvalue weighted by molar-refractivity contribution is 7.32. The van der Waals surface area contributed by atoms with E-state index in [0.29, 0.717) is 18.2 Å². The van der Waals surface area contributed by atoms with E-state index < -0.39 is 8.25 Å². The molecule has 2 aromatic heterocycles. The Labute approximate surface area is 140 Å². The molecular formula is C15H20N4O4P+. The Morgan fingerprint density at radius 1 is 1.33 bits per heavy atom. The lowest BCUT2D eigenvalue weighted by molar-refractivity contribution is 0.241. The van der Waals surface area contributed by atoms with Crippen LogP contribution in [0.15, 0.2) is 23.3 Å². The molecule has 0 bridgehead atoms. The van der Waals surface area contributed by atoms with E-state index >= 15 is 0 Å². The molecule has 9 heteroatoms. The molecule has 0 aromatic carbocycles. The highest BCUT2D eigenvalue weighted by Crippen LogP contribution is 2.28. The summed E-state index contributed by atoms with van der Waals surface area (Å²) in [6.45, 7) is 2.02. The van der Waals surface area contributed by atoms with Crippen molar-refractivity contribution < 1.29 is 14.0 Å². The molecular weight excluding hydrogens is 331 g/mol. The third kappa shape index (κ3) is 3.61. The van der Waals surface area contributed by atoms with Crippen molar-refractivity contribution in [3.8, 4) is 0 Å². The Morgan fingerprint density at radius 3 is 2.79 bits per heavy atom. The molecule has 8 nitrogen and oxygen atoms in total. The Bertz CT molecular complexity index is 802. The standard InChI is InChI=1S/C15H19N4O4P/c1-18-13(20)3-2-12-14(18)16-10-17-15(12)19-7-4-11(5-8-19)6-9-23-24(21)22/h2-3,10-11H,4-9H2,1H3/p+1. The number of rotatable bonds is 5. The first-order valence-corrected chi connectivity index (χ1v) is 9.04. The van der Waals surface area contributed by atoms with Crippen LogP contribution in [-0.2, 0) is 16.1 Å². The number of hydrogen-bond donors (Lipinski definition) is 1. The minimum atomic E-state index is -2.50. The van der Waals surface area contributed by atoms with Crippen molar-refractivity contribution >= 4 is 25.1 Å². The molecule has 3 heterocycles. The topological polar surface area (TPSA) is 97.5 Å². The van der Waals surface area contributed by atoms with Gasteiger partial charge in [0, 0.05) is 30.8 Å². The molecule has 0 saturated carbocycles. The molecule has 1 atom stereocenters. The van der Waals surface area contributed by atoms with Crippen LogP contribution < -0.4 is 10.5 Å². The molecule has 1 saturated heterocycles. The van der Waals surface area contributed by atoms with Gasteiger partial charge in [-0.1, -0.05) is 0 Å². The van der Waals surface area contributed by atoms with E-state index in [1.165, 1.54) is 17.0 Å². The normalized spacial score (nSPS) is 16.6. The predicted molar refractivity (Wildman–Crippen MR) is 90.1 cm³/mol. The lowest BCUT2D eigenvalue weighted by atomic mass is 9.94. The molecule has 1 N–H and O–H groups in total. The first-order valence-electron chi connectivity index (χ1n) is 7.91. The summed E-state index contributed by atoms with van der Waals surface area (Å²) >= 11 is 0. The van der Waals surface area contributed by atoms with Crippen LogP contribution in [0.1, 0.15) is 19.3 Å². The molecule has 0 radical (unpaired) electrons. The average molecular weight is 351 g/mol. The number of nitrogens with zero attached hydrogens (tertiary/aromatic N) is 4. The number of aromatic nitrogens is 3. The van der Waals surface area contributed by atoms with Crippen LogP contribution in [0, 0.1) is 5.92 Å². The van der Waals surface area contributed by atoms with E-state index in [-0.39, 0.29) is 5.56 Å². The number of anilines is 1. The highest BCUT2D eigenvalue weighted by Gasteiger charge is 2.23. The first kappa shape index (κ1) is 17.0. The van der Waals surface area contributed by atoms with E-state index in [4.69, 9.17) is 9.42 Å². The van der Waals surface area contributed by atoms with E-state index in [9.17, 15) is 9.36 Å². The molecule has 1 aliphatic heterocycles. The second-order valence-electron chi connectivity index (χ2n) is 5.96. The number of pyridine rings is 1. The molecule has 1 unspecified atom stereocenters. The van der Waals surface area contributed by atoms with Gasteiger partial charge in [0.05, 0.1) is 5.39 Å². The molecule has 0 spiro atoms. The van der Waals surface area contributed by atoms with Gasteiger partial charge in [0.2, 0.25) is 0 Å². The summed E-state index contributed by atoms with van der Waals surface area (Å²) in [5.41, 5.74) is 0.544. The summed E-state index contributed by atoms with van der Waals surface area (Å²) in [5, 5.41) is 0.874. The van der Waals surface area contributed by atoms with Gasteiger partial charge < -0.3 is 4.90 Å². The molecule has 1 fully saturated rings. The third-order valence-electron chi connectivity index (χ3n) is 4.52. The predicted octanol–water partition coefficient (Wildman–Crippen LogP) is 1.60. The summed E-state index contributed by atoms with van der Waals surface area (Å²) < 4.78 is 16.8. The van der Waals surface area contributed by atoms with Gasteiger partial charge in [-0.25, -0.2) is 9.97 Å². The minimum absolute atomic E-state index is 0.0897. The van der Waals surface area contributed by atoms with Crippen molar-refractivity contribution in [2.45, 2.75) is 19.3 Å². The fourth-order valence-electron chi connectivity index (χ4n) is 3.15. The second kappa shape index (κ2) is 7.34. The van der Waals surface area contributed by atoms with Gasteiger partial charge in [-0.15, -0.1) is 9.42 Å². The van der Waals surface area contributed by atoms with Gasteiger partial charge in [0.25, 0.3) is 5.56 Å². The van der Waals surface area contributed by atoms with E-state index in [0.717, 1.165) is 43.6 Å². The van der Waals surface area contributed by atoms with Gasteiger partial charge in [0.1, 0.15) is 24.4 Å². The van der Waals surface area contributed by atoms with Crippen LogP contribution in [0.3, 0.4) is 0 Å². The van der Waals surface area contributed by atoms with Crippen LogP contribution in [0.4, 0.5) is 5.82 Å². The van der Waals surface area contributed by atoms with Crippen LogP contribution in [0.25, 0.3) is 11.0 Å². The number of hydrogen-bond acceptors (Lipinski definition) is 6. The van der Waals surface area contributed by atoms with Crippen molar-refractivity contribution in [2.24, 2.45) is 13.0 Å². The van der Waals surface area contributed by atoms with Gasteiger partial charge in [-0.2, -0.15) is 0 Å². The zero-order valence-electron chi connectivity index (χ0n) is 13.5. The van der Waals surface area contributed by atoms with Crippen molar-refractivity contribution in [1.29, 1.82) is 0 Å². The molecule has 2 aromatic rings. The maximum atomic E-state index is 11.8. The van der Waals surface area contributed by atoms with Crippen molar-refractivity contribution in [2.75, 3.05) is 24.6 Å². The van der Waals surface area contributed by atoms with Crippen LogP contribution >= 0.6 is 8.25 Å². The fraction of sp³-hybridized carbons (Fsp3) is 0.533. The molecule has 3 rings (SSSR count). The number of aryl methyl sites for hydroxylation is 1. The van der Waals surface area contributed by atoms with E-state index in [1.54, 1.807) is 13.1 Å². The zero-order chi connectivity index (χ0) is 17.1. The van der Waals surface area contributed by atoms with Gasteiger partial charge in [-0.3, -0.25) is 9.36 Å². The maximum Gasteiger partial charge on any atom is 0.694 e. The maximum absolute atomic E-state index is 11.8. The Kier molecular flexibility index (Phi) is 5.18. The fourth-order valence-corrected chi connectivity index (χ4v) is 3.41.